The number of hydrogen-bond acceptors (Lipinski definition) is 4. The zero-order chi connectivity index (χ0) is 12.8. The first kappa shape index (κ1) is 13.2. The fraction of sp³-hybridized carbons (Fsp3) is 0.364. The van der Waals surface area contributed by atoms with Gasteiger partial charge in [-0.25, -0.2) is 4.39 Å². The fourth-order valence-electron chi connectivity index (χ4n) is 1.31. The highest BCUT2D eigenvalue weighted by atomic mass is 19.1. The normalized spacial score (nSPS) is 9.88. The molecule has 17 heavy (non-hydrogen) atoms. The molecule has 0 aromatic heterocycles. The van der Waals surface area contributed by atoms with Crippen molar-refractivity contribution in [2.75, 3.05) is 33.1 Å². The number of benzene rings is 1. The molecule has 0 bridgehead atoms. The molecule has 6 heteroatoms. The molecule has 2 N–H and O–H groups in total. The number of ether oxygens (including phenoxy) is 2. The van der Waals surface area contributed by atoms with E-state index in [1.54, 1.807) is 7.05 Å². The number of amides is 1. The maximum absolute atomic E-state index is 13.5. The highest BCUT2D eigenvalue weighted by Crippen LogP contribution is 2.31. The van der Waals surface area contributed by atoms with Gasteiger partial charge in [-0.05, 0) is 7.05 Å². The number of carbonyl (C=O) groups is 1. The molecule has 0 saturated heterocycles. The molecule has 1 aromatic carbocycles. The van der Waals surface area contributed by atoms with Crippen LogP contribution in [0.4, 0.5) is 10.1 Å². The highest BCUT2D eigenvalue weighted by molar-refractivity contribution is 5.93. The summed E-state index contributed by atoms with van der Waals surface area (Å²) in [6.07, 6.45) is 0. The van der Waals surface area contributed by atoms with Gasteiger partial charge in [0.1, 0.15) is 5.75 Å². The van der Waals surface area contributed by atoms with E-state index >= 15 is 0 Å². The summed E-state index contributed by atoms with van der Waals surface area (Å²) in [5.74, 6) is -0.440. The number of nitrogens with one attached hydrogen (secondary N) is 2. The van der Waals surface area contributed by atoms with Gasteiger partial charge in [0.2, 0.25) is 5.91 Å². The minimum atomic E-state index is -0.562. The lowest BCUT2D eigenvalue weighted by Gasteiger charge is -2.12. The molecule has 1 amide bonds. The Hall–Kier alpha value is -1.82. The summed E-state index contributed by atoms with van der Waals surface area (Å²) in [7, 11) is 4.43. The first-order chi connectivity index (χ1) is 8.12. The highest BCUT2D eigenvalue weighted by Gasteiger charge is 2.12. The van der Waals surface area contributed by atoms with Gasteiger partial charge >= 0.3 is 0 Å². The molecule has 1 rings (SSSR count). The average Bonchev–Trinajstić information content (AvgIpc) is 2.29. The summed E-state index contributed by atoms with van der Waals surface area (Å²) in [5, 5.41) is 5.22. The molecule has 0 fully saturated rings. The zero-order valence-electron chi connectivity index (χ0n) is 9.96. The molecule has 5 nitrogen and oxygen atoms in total. The summed E-state index contributed by atoms with van der Waals surface area (Å²) in [6.45, 7) is 0.136. The largest absolute Gasteiger partial charge is 0.494 e. The number of anilines is 1. The molecular weight excluding hydrogens is 227 g/mol. The van der Waals surface area contributed by atoms with E-state index in [2.05, 4.69) is 10.6 Å². The van der Waals surface area contributed by atoms with E-state index in [1.165, 1.54) is 20.3 Å². The lowest BCUT2D eigenvalue weighted by Crippen LogP contribution is -2.25. The molecular formula is C11H15FN2O3. The molecule has 0 aliphatic rings. The second-order valence-corrected chi connectivity index (χ2v) is 3.27. The SMILES string of the molecule is CNCC(=O)Nc1cc(F)c(OC)cc1OC. The molecule has 0 aliphatic carbocycles. The van der Waals surface area contributed by atoms with E-state index in [0.29, 0.717) is 5.75 Å². The van der Waals surface area contributed by atoms with Crippen LogP contribution in [0.2, 0.25) is 0 Å². The van der Waals surface area contributed by atoms with Crippen LogP contribution in [0.1, 0.15) is 0 Å². The van der Waals surface area contributed by atoms with Crippen molar-refractivity contribution in [3.8, 4) is 11.5 Å². The van der Waals surface area contributed by atoms with Gasteiger partial charge in [0.25, 0.3) is 0 Å². The number of hydrogen-bond donors (Lipinski definition) is 2. The van der Waals surface area contributed by atoms with Crippen molar-refractivity contribution in [1.29, 1.82) is 0 Å². The zero-order valence-corrected chi connectivity index (χ0v) is 9.96. The molecule has 0 atom stereocenters. The van der Waals surface area contributed by atoms with Crippen LogP contribution in [-0.2, 0) is 4.79 Å². The van der Waals surface area contributed by atoms with Gasteiger partial charge in [0, 0.05) is 12.1 Å². The number of methoxy groups -OCH3 is 2. The lowest BCUT2D eigenvalue weighted by atomic mass is 10.2. The van der Waals surface area contributed by atoms with E-state index in [1.807, 2.05) is 0 Å². The average molecular weight is 242 g/mol. The predicted octanol–water partition coefficient (Wildman–Crippen LogP) is 1.00. The van der Waals surface area contributed by atoms with Gasteiger partial charge in [-0.3, -0.25) is 4.79 Å². The van der Waals surface area contributed by atoms with Gasteiger partial charge < -0.3 is 20.1 Å². The predicted molar refractivity (Wildman–Crippen MR) is 62.1 cm³/mol. The van der Waals surface area contributed by atoms with Crippen molar-refractivity contribution >= 4 is 11.6 Å². The van der Waals surface area contributed by atoms with E-state index in [4.69, 9.17) is 9.47 Å². The maximum atomic E-state index is 13.5. The van der Waals surface area contributed by atoms with Crippen LogP contribution < -0.4 is 20.1 Å². The van der Waals surface area contributed by atoms with Gasteiger partial charge in [-0.2, -0.15) is 0 Å². The van der Waals surface area contributed by atoms with Gasteiger partial charge in [-0.15, -0.1) is 0 Å². The minimum Gasteiger partial charge on any atom is -0.494 e. The Kier molecular flexibility index (Phi) is 4.71. The van der Waals surface area contributed by atoms with Crippen molar-refractivity contribution in [3.05, 3.63) is 17.9 Å². The van der Waals surface area contributed by atoms with Crippen molar-refractivity contribution in [1.82, 2.24) is 5.32 Å². The first-order valence-corrected chi connectivity index (χ1v) is 4.98. The fourth-order valence-corrected chi connectivity index (χ4v) is 1.31. The Bertz CT molecular complexity index is 410. The number of carbonyl (C=O) groups excluding carboxylic acids is 1. The monoisotopic (exact) mass is 242 g/mol. The lowest BCUT2D eigenvalue weighted by molar-refractivity contribution is -0.115. The molecule has 0 aliphatic heterocycles. The van der Waals surface area contributed by atoms with Crippen molar-refractivity contribution in [2.45, 2.75) is 0 Å². The summed E-state index contributed by atoms with van der Waals surface area (Å²) in [6, 6.07) is 2.54. The van der Waals surface area contributed by atoms with Crippen LogP contribution >= 0.6 is 0 Å². The third kappa shape index (κ3) is 3.32. The smallest absolute Gasteiger partial charge is 0.238 e. The second kappa shape index (κ2) is 6.05. The van der Waals surface area contributed by atoms with Crippen LogP contribution in [0.3, 0.4) is 0 Å². The van der Waals surface area contributed by atoms with Gasteiger partial charge in [0.05, 0.1) is 26.5 Å². The Morgan fingerprint density at radius 3 is 2.47 bits per heavy atom. The Morgan fingerprint density at radius 1 is 1.29 bits per heavy atom. The van der Waals surface area contributed by atoms with Crippen LogP contribution in [0.5, 0.6) is 11.5 Å². The van der Waals surface area contributed by atoms with Crippen molar-refractivity contribution in [3.63, 3.8) is 0 Å². The third-order valence-corrected chi connectivity index (χ3v) is 2.09. The van der Waals surface area contributed by atoms with Gasteiger partial charge in [0.15, 0.2) is 11.6 Å². The molecule has 1 aromatic rings. The van der Waals surface area contributed by atoms with Crippen molar-refractivity contribution < 1.29 is 18.7 Å². The Balaban J connectivity index is 2.98. The molecule has 0 saturated carbocycles. The first-order valence-electron chi connectivity index (χ1n) is 4.98. The van der Waals surface area contributed by atoms with Crippen LogP contribution in [0.15, 0.2) is 12.1 Å². The number of halogens is 1. The molecule has 0 radical (unpaired) electrons. The molecule has 0 heterocycles. The quantitative estimate of drug-likeness (QED) is 0.808. The van der Waals surface area contributed by atoms with E-state index < -0.39 is 5.82 Å². The van der Waals surface area contributed by atoms with Crippen LogP contribution in [0.25, 0.3) is 0 Å². The van der Waals surface area contributed by atoms with Crippen molar-refractivity contribution in [2.24, 2.45) is 0 Å². The topological polar surface area (TPSA) is 59.6 Å². The Morgan fingerprint density at radius 2 is 1.94 bits per heavy atom. The van der Waals surface area contributed by atoms with E-state index in [-0.39, 0.29) is 23.9 Å². The number of rotatable bonds is 5. The molecule has 0 unspecified atom stereocenters. The number of likely N-dealkylation sites (N-methyl/N-ethyl adjacent to an activating group) is 1. The van der Waals surface area contributed by atoms with Crippen LogP contribution in [0, 0.1) is 5.82 Å². The minimum absolute atomic E-state index is 0.0634. The summed E-state index contributed by atoms with van der Waals surface area (Å²) >= 11 is 0. The molecule has 94 valence electrons. The van der Waals surface area contributed by atoms with E-state index in [0.717, 1.165) is 6.07 Å². The summed E-state index contributed by atoms with van der Waals surface area (Å²) in [4.78, 5) is 11.4. The second-order valence-electron chi connectivity index (χ2n) is 3.27. The van der Waals surface area contributed by atoms with Crippen LogP contribution in [-0.4, -0.2) is 33.7 Å². The maximum Gasteiger partial charge on any atom is 0.238 e. The standard InChI is InChI=1S/C11H15FN2O3/c1-13-6-11(15)14-8-4-7(12)9(16-2)5-10(8)17-3/h4-5,13H,6H2,1-3H3,(H,14,15). The molecule has 0 spiro atoms. The summed E-state index contributed by atoms with van der Waals surface area (Å²) in [5.41, 5.74) is 0.269. The van der Waals surface area contributed by atoms with E-state index in [9.17, 15) is 9.18 Å². The van der Waals surface area contributed by atoms with Gasteiger partial charge in [-0.1, -0.05) is 0 Å². The summed E-state index contributed by atoms with van der Waals surface area (Å²) < 4.78 is 23.3. The Labute approximate surface area is 98.9 Å². The third-order valence-electron chi connectivity index (χ3n) is 2.09.